The van der Waals surface area contributed by atoms with E-state index in [1.807, 2.05) is 46.7 Å². The summed E-state index contributed by atoms with van der Waals surface area (Å²) in [5.41, 5.74) is 0.643. The summed E-state index contributed by atoms with van der Waals surface area (Å²) < 4.78 is 5.79. The number of ether oxygens (including phenoxy) is 1. The Morgan fingerprint density at radius 1 is 1.42 bits per heavy atom. The highest BCUT2D eigenvalue weighted by Crippen LogP contribution is 2.23. The van der Waals surface area contributed by atoms with Gasteiger partial charge in [0.2, 0.25) is 0 Å². The van der Waals surface area contributed by atoms with Crippen LogP contribution in [0.3, 0.4) is 0 Å². The molecule has 1 aromatic carbocycles. The van der Waals surface area contributed by atoms with Crippen molar-refractivity contribution >= 4 is 17.2 Å². The zero-order valence-electron chi connectivity index (χ0n) is 13.9. The van der Waals surface area contributed by atoms with Gasteiger partial charge in [-0.1, -0.05) is 12.1 Å². The SMILES string of the molecule is CC(O)C1CCCN(C(=O)c2cccc(OCc3cccs3)c2)C1. The predicted octanol–water partition coefficient (Wildman–Crippen LogP) is 3.56. The van der Waals surface area contributed by atoms with E-state index in [9.17, 15) is 9.90 Å². The molecule has 2 unspecified atom stereocenters. The van der Waals surface area contributed by atoms with E-state index in [0.717, 1.165) is 24.3 Å². The summed E-state index contributed by atoms with van der Waals surface area (Å²) in [6.07, 6.45) is 1.54. The first-order valence-electron chi connectivity index (χ1n) is 8.36. The van der Waals surface area contributed by atoms with Gasteiger partial charge in [-0.2, -0.15) is 0 Å². The second-order valence-corrected chi connectivity index (χ2v) is 7.32. The number of likely N-dealkylation sites (tertiary alicyclic amines) is 1. The molecule has 5 heteroatoms. The zero-order valence-corrected chi connectivity index (χ0v) is 14.7. The van der Waals surface area contributed by atoms with Crippen LogP contribution in [0.25, 0.3) is 0 Å². The maximum absolute atomic E-state index is 12.7. The number of carbonyl (C=O) groups is 1. The molecular weight excluding hydrogens is 322 g/mol. The van der Waals surface area contributed by atoms with Crippen molar-refractivity contribution in [2.45, 2.75) is 32.5 Å². The fourth-order valence-corrected chi connectivity index (χ4v) is 3.65. The first-order valence-corrected chi connectivity index (χ1v) is 9.24. The fourth-order valence-electron chi connectivity index (χ4n) is 3.04. The lowest BCUT2D eigenvalue weighted by Crippen LogP contribution is -2.42. The van der Waals surface area contributed by atoms with Crippen LogP contribution in [0.15, 0.2) is 41.8 Å². The molecule has 0 bridgehead atoms. The van der Waals surface area contributed by atoms with Gasteiger partial charge in [-0.05, 0) is 49.4 Å². The average Bonchev–Trinajstić information content (AvgIpc) is 3.13. The van der Waals surface area contributed by atoms with E-state index in [4.69, 9.17) is 4.74 Å². The van der Waals surface area contributed by atoms with Gasteiger partial charge in [-0.15, -0.1) is 11.3 Å². The first kappa shape index (κ1) is 17.0. The minimum absolute atomic E-state index is 0.0157. The number of hydrogen-bond donors (Lipinski definition) is 1. The molecular formula is C19H23NO3S. The Kier molecular flexibility index (Phi) is 5.53. The highest BCUT2D eigenvalue weighted by atomic mass is 32.1. The molecule has 1 aliphatic rings. The highest BCUT2D eigenvalue weighted by molar-refractivity contribution is 7.09. The van der Waals surface area contributed by atoms with Gasteiger partial charge in [-0.25, -0.2) is 0 Å². The van der Waals surface area contributed by atoms with Crippen LogP contribution in [0.5, 0.6) is 5.75 Å². The summed E-state index contributed by atoms with van der Waals surface area (Å²) in [5, 5.41) is 11.8. The van der Waals surface area contributed by atoms with Gasteiger partial charge in [0.25, 0.3) is 5.91 Å². The molecule has 1 fully saturated rings. The Hall–Kier alpha value is -1.85. The van der Waals surface area contributed by atoms with E-state index in [1.165, 1.54) is 0 Å². The molecule has 0 spiro atoms. The molecule has 0 radical (unpaired) electrons. The van der Waals surface area contributed by atoms with Crippen molar-refractivity contribution in [1.82, 2.24) is 4.90 Å². The van der Waals surface area contributed by atoms with Crippen molar-refractivity contribution in [3.05, 3.63) is 52.2 Å². The van der Waals surface area contributed by atoms with E-state index in [1.54, 1.807) is 18.3 Å². The van der Waals surface area contributed by atoms with Gasteiger partial charge in [0.1, 0.15) is 12.4 Å². The zero-order chi connectivity index (χ0) is 16.9. The maximum atomic E-state index is 12.7. The first-order chi connectivity index (χ1) is 11.6. The van der Waals surface area contributed by atoms with Crippen LogP contribution in [0.1, 0.15) is 35.0 Å². The molecule has 2 aromatic rings. The second kappa shape index (κ2) is 7.81. The standard InChI is InChI=1S/C19H23NO3S/c1-14(21)16-6-3-9-20(12-16)19(22)15-5-2-7-17(11-15)23-13-18-8-4-10-24-18/h2,4-5,7-8,10-11,14,16,21H,3,6,9,12-13H2,1H3. The Morgan fingerprint density at radius 2 is 2.29 bits per heavy atom. The summed E-state index contributed by atoms with van der Waals surface area (Å²) in [6, 6.07) is 11.4. The largest absolute Gasteiger partial charge is 0.488 e. The average molecular weight is 345 g/mol. The quantitative estimate of drug-likeness (QED) is 0.901. The van der Waals surface area contributed by atoms with Crippen LogP contribution in [-0.2, 0) is 6.61 Å². The third-order valence-corrected chi connectivity index (χ3v) is 5.32. The highest BCUT2D eigenvalue weighted by Gasteiger charge is 2.27. The maximum Gasteiger partial charge on any atom is 0.253 e. The normalized spacial score (nSPS) is 19.1. The minimum atomic E-state index is -0.374. The number of aliphatic hydroxyl groups excluding tert-OH is 1. The molecule has 3 rings (SSSR count). The van der Waals surface area contributed by atoms with Crippen LogP contribution in [0.2, 0.25) is 0 Å². The molecule has 2 heterocycles. The molecule has 24 heavy (non-hydrogen) atoms. The van der Waals surface area contributed by atoms with Gasteiger partial charge >= 0.3 is 0 Å². The van der Waals surface area contributed by atoms with E-state index < -0.39 is 0 Å². The van der Waals surface area contributed by atoms with E-state index in [2.05, 4.69) is 0 Å². The molecule has 0 saturated carbocycles. The number of nitrogens with zero attached hydrogens (tertiary/aromatic N) is 1. The smallest absolute Gasteiger partial charge is 0.253 e. The van der Waals surface area contributed by atoms with Crippen LogP contribution in [0.4, 0.5) is 0 Å². The summed E-state index contributed by atoms with van der Waals surface area (Å²) in [6.45, 7) is 3.69. The molecule has 1 N–H and O–H groups in total. The lowest BCUT2D eigenvalue weighted by atomic mass is 9.93. The molecule has 4 nitrogen and oxygen atoms in total. The van der Waals surface area contributed by atoms with Crippen molar-refractivity contribution in [1.29, 1.82) is 0 Å². The molecule has 1 amide bonds. The van der Waals surface area contributed by atoms with Crippen molar-refractivity contribution in [2.24, 2.45) is 5.92 Å². The predicted molar refractivity (Wildman–Crippen MR) is 95.4 cm³/mol. The van der Waals surface area contributed by atoms with Gasteiger partial charge in [0.05, 0.1) is 6.10 Å². The molecule has 1 saturated heterocycles. The lowest BCUT2D eigenvalue weighted by Gasteiger charge is -2.34. The Morgan fingerprint density at radius 3 is 3.04 bits per heavy atom. The molecule has 128 valence electrons. The topological polar surface area (TPSA) is 49.8 Å². The van der Waals surface area contributed by atoms with Crippen molar-refractivity contribution in [3.63, 3.8) is 0 Å². The van der Waals surface area contributed by atoms with Crippen LogP contribution in [-0.4, -0.2) is 35.1 Å². The number of hydrogen-bond acceptors (Lipinski definition) is 4. The number of rotatable bonds is 5. The number of aliphatic hydroxyl groups is 1. The number of thiophene rings is 1. The minimum Gasteiger partial charge on any atom is -0.488 e. The molecule has 1 aromatic heterocycles. The summed E-state index contributed by atoms with van der Waals surface area (Å²) in [4.78, 5) is 15.7. The lowest BCUT2D eigenvalue weighted by molar-refractivity contribution is 0.0465. The molecule has 1 aliphatic heterocycles. The van der Waals surface area contributed by atoms with Crippen LogP contribution in [0, 0.1) is 5.92 Å². The van der Waals surface area contributed by atoms with Crippen LogP contribution >= 0.6 is 11.3 Å². The van der Waals surface area contributed by atoms with Gasteiger partial charge in [-0.3, -0.25) is 4.79 Å². The number of piperidine rings is 1. The van der Waals surface area contributed by atoms with Crippen molar-refractivity contribution in [2.75, 3.05) is 13.1 Å². The third kappa shape index (κ3) is 4.16. The van der Waals surface area contributed by atoms with E-state index in [0.29, 0.717) is 24.5 Å². The second-order valence-electron chi connectivity index (χ2n) is 6.29. The summed E-state index contributed by atoms with van der Waals surface area (Å²) >= 11 is 1.65. The number of amides is 1. The summed E-state index contributed by atoms with van der Waals surface area (Å²) in [5.74, 6) is 0.890. The van der Waals surface area contributed by atoms with Crippen LogP contribution < -0.4 is 4.74 Å². The monoisotopic (exact) mass is 345 g/mol. The van der Waals surface area contributed by atoms with E-state index in [-0.39, 0.29) is 17.9 Å². The van der Waals surface area contributed by atoms with E-state index >= 15 is 0 Å². The number of carbonyl (C=O) groups excluding carboxylic acids is 1. The van der Waals surface area contributed by atoms with Gasteiger partial charge in [0, 0.05) is 29.4 Å². The third-order valence-electron chi connectivity index (χ3n) is 4.47. The Labute approximate surface area is 146 Å². The Balaban J connectivity index is 1.65. The number of benzene rings is 1. The van der Waals surface area contributed by atoms with Gasteiger partial charge < -0.3 is 14.7 Å². The Bertz CT molecular complexity index is 669. The fraction of sp³-hybridized carbons (Fsp3) is 0.421. The molecule has 0 aliphatic carbocycles. The molecule has 2 atom stereocenters. The van der Waals surface area contributed by atoms with Crippen molar-refractivity contribution < 1.29 is 14.6 Å². The van der Waals surface area contributed by atoms with Gasteiger partial charge in [0.15, 0.2) is 0 Å². The van der Waals surface area contributed by atoms with Crippen molar-refractivity contribution in [3.8, 4) is 5.75 Å². The summed E-state index contributed by atoms with van der Waals surface area (Å²) in [7, 11) is 0.